The van der Waals surface area contributed by atoms with E-state index in [0.29, 0.717) is 16.9 Å². The van der Waals surface area contributed by atoms with Crippen molar-refractivity contribution in [1.29, 1.82) is 0 Å². The van der Waals surface area contributed by atoms with E-state index in [-0.39, 0.29) is 35.5 Å². The van der Waals surface area contributed by atoms with Crippen LogP contribution in [0.15, 0.2) is 59.6 Å². The molecule has 0 saturated heterocycles. The number of carbonyl (C=O) groups excluding carboxylic acids is 1. The highest BCUT2D eigenvalue weighted by Gasteiger charge is 2.17. The highest BCUT2D eigenvalue weighted by atomic mass is 32.2. The molecule has 2 aromatic carbocycles. The zero-order valence-corrected chi connectivity index (χ0v) is 18.2. The summed E-state index contributed by atoms with van der Waals surface area (Å²) in [6.07, 6.45) is 1.67. The molecular formula is C20H22N6O5S. The van der Waals surface area contributed by atoms with Crippen LogP contribution in [-0.4, -0.2) is 40.8 Å². The minimum absolute atomic E-state index is 0.112. The fraction of sp³-hybridized carbons (Fsp3) is 0.250. The molecule has 0 aliphatic heterocycles. The van der Waals surface area contributed by atoms with E-state index in [9.17, 15) is 23.3 Å². The van der Waals surface area contributed by atoms with E-state index in [2.05, 4.69) is 20.4 Å². The minimum atomic E-state index is -3.90. The number of sulfonamides is 1. The predicted octanol–water partition coefficient (Wildman–Crippen LogP) is 2.74. The van der Waals surface area contributed by atoms with Crippen LogP contribution in [-0.2, 0) is 14.8 Å². The standard InChI is InChI=1S/C20H22N6O5S/c1-14(2)25-13-19(23-24-25)17-5-3-4-6-18(17)22-20(27)11-12-21-32(30,31)16-9-7-15(8-10-16)26(28)29/h3-10,13-14,21H,11-12H2,1-2H3,(H,22,27). The fourth-order valence-electron chi connectivity index (χ4n) is 2.81. The summed E-state index contributed by atoms with van der Waals surface area (Å²) in [7, 11) is -3.90. The third kappa shape index (κ3) is 5.53. The number of anilines is 1. The van der Waals surface area contributed by atoms with Gasteiger partial charge in [0.05, 0.1) is 21.7 Å². The van der Waals surface area contributed by atoms with Crippen LogP contribution in [0.4, 0.5) is 11.4 Å². The smallest absolute Gasteiger partial charge is 0.269 e. The van der Waals surface area contributed by atoms with Gasteiger partial charge in [0.1, 0.15) is 5.69 Å². The van der Waals surface area contributed by atoms with Gasteiger partial charge < -0.3 is 5.32 Å². The third-order valence-corrected chi connectivity index (χ3v) is 6.00. The number of nitrogens with zero attached hydrogens (tertiary/aromatic N) is 4. The van der Waals surface area contributed by atoms with Gasteiger partial charge in [0.15, 0.2) is 0 Å². The van der Waals surface area contributed by atoms with Gasteiger partial charge in [-0.2, -0.15) is 0 Å². The van der Waals surface area contributed by atoms with E-state index in [1.54, 1.807) is 23.0 Å². The molecule has 1 heterocycles. The van der Waals surface area contributed by atoms with E-state index in [4.69, 9.17) is 0 Å². The van der Waals surface area contributed by atoms with Gasteiger partial charge in [0.2, 0.25) is 15.9 Å². The van der Waals surface area contributed by atoms with Crippen molar-refractivity contribution < 1.29 is 18.1 Å². The molecule has 1 aromatic heterocycles. The summed E-state index contributed by atoms with van der Waals surface area (Å²) in [4.78, 5) is 22.3. The number of hydrogen-bond acceptors (Lipinski definition) is 7. The van der Waals surface area contributed by atoms with Crippen molar-refractivity contribution in [3.05, 3.63) is 64.8 Å². The van der Waals surface area contributed by atoms with Gasteiger partial charge in [0.25, 0.3) is 5.69 Å². The molecule has 3 rings (SSSR count). The van der Waals surface area contributed by atoms with Crippen LogP contribution < -0.4 is 10.0 Å². The Morgan fingerprint density at radius 2 is 1.84 bits per heavy atom. The lowest BCUT2D eigenvalue weighted by molar-refractivity contribution is -0.384. The van der Waals surface area contributed by atoms with Crippen LogP contribution in [0.2, 0.25) is 0 Å². The largest absolute Gasteiger partial charge is 0.325 e. The summed E-state index contributed by atoms with van der Waals surface area (Å²) >= 11 is 0. The fourth-order valence-corrected chi connectivity index (χ4v) is 3.84. The minimum Gasteiger partial charge on any atom is -0.325 e. The van der Waals surface area contributed by atoms with Crippen LogP contribution in [0.3, 0.4) is 0 Å². The molecule has 11 nitrogen and oxygen atoms in total. The van der Waals surface area contributed by atoms with Gasteiger partial charge in [0, 0.05) is 36.7 Å². The zero-order valence-electron chi connectivity index (χ0n) is 17.4. The van der Waals surface area contributed by atoms with E-state index >= 15 is 0 Å². The van der Waals surface area contributed by atoms with Crippen LogP contribution >= 0.6 is 0 Å². The maximum Gasteiger partial charge on any atom is 0.269 e. The molecule has 0 saturated carbocycles. The second kappa shape index (κ2) is 9.66. The third-order valence-electron chi connectivity index (χ3n) is 4.52. The number of rotatable bonds is 9. The SMILES string of the molecule is CC(C)n1cc(-c2ccccc2NC(=O)CCNS(=O)(=O)c2ccc([N+](=O)[O-])cc2)nn1. The lowest BCUT2D eigenvalue weighted by Gasteiger charge is -2.10. The predicted molar refractivity (Wildman–Crippen MR) is 117 cm³/mol. The van der Waals surface area contributed by atoms with E-state index in [1.807, 2.05) is 26.0 Å². The van der Waals surface area contributed by atoms with Gasteiger partial charge in [-0.3, -0.25) is 14.9 Å². The first-order chi connectivity index (χ1) is 15.2. The number of benzene rings is 2. The molecule has 3 aromatic rings. The second-order valence-corrected chi connectivity index (χ2v) is 8.94. The summed E-state index contributed by atoms with van der Waals surface area (Å²) < 4.78 is 28.7. The lowest BCUT2D eigenvalue weighted by atomic mass is 10.1. The highest BCUT2D eigenvalue weighted by molar-refractivity contribution is 7.89. The maximum atomic E-state index is 12.4. The zero-order chi connectivity index (χ0) is 23.3. The number of nitro benzene ring substituents is 1. The topological polar surface area (TPSA) is 149 Å². The quantitative estimate of drug-likeness (QED) is 0.370. The Hall–Kier alpha value is -3.64. The summed E-state index contributed by atoms with van der Waals surface area (Å²) in [6.45, 7) is 3.81. The van der Waals surface area contributed by atoms with Crippen molar-refractivity contribution in [3.63, 3.8) is 0 Å². The highest BCUT2D eigenvalue weighted by Crippen LogP contribution is 2.26. The van der Waals surface area contributed by atoms with Crippen molar-refractivity contribution >= 4 is 27.3 Å². The van der Waals surface area contributed by atoms with E-state index in [1.165, 1.54) is 0 Å². The second-order valence-electron chi connectivity index (χ2n) is 7.17. The number of amides is 1. The molecule has 0 aliphatic rings. The number of hydrogen-bond donors (Lipinski definition) is 2. The first kappa shape index (κ1) is 23.0. The van der Waals surface area contributed by atoms with Crippen molar-refractivity contribution in [3.8, 4) is 11.3 Å². The van der Waals surface area contributed by atoms with Gasteiger partial charge in [-0.15, -0.1) is 5.10 Å². The molecule has 0 aliphatic carbocycles. The Kier molecular flexibility index (Phi) is 6.95. The molecule has 0 unspecified atom stereocenters. The van der Waals surface area contributed by atoms with Gasteiger partial charge in [-0.05, 0) is 32.0 Å². The number of carbonyl (C=O) groups is 1. The summed E-state index contributed by atoms with van der Waals surface area (Å²) in [5.41, 5.74) is 1.62. The van der Waals surface area contributed by atoms with E-state index in [0.717, 1.165) is 24.3 Å². The van der Waals surface area contributed by atoms with Gasteiger partial charge in [-0.1, -0.05) is 23.4 Å². The Bertz CT molecular complexity index is 1220. The normalized spacial score (nSPS) is 11.5. The molecule has 0 radical (unpaired) electrons. The molecule has 0 bridgehead atoms. The molecule has 0 spiro atoms. The van der Waals surface area contributed by atoms with Crippen molar-refractivity contribution in [2.45, 2.75) is 31.2 Å². The molecule has 32 heavy (non-hydrogen) atoms. The molecule has 2 N–H and O–H groups in total. The number of aromatic nitrogens is 3. The molecule has 12 heteroatoms. The van der Waals surface area contributed by atoms with Crippen molar-refractivity contribution in [2.24, 2.45) is 0 Å². The Labute approximate surface area is 184 Å². The molecule has 0 fully saturated rings. The average molecular weight is 459 g/mol. The molecular weight excluding hydrogens is 436 g/mol. The summed E-state index contributed by atoms with van der Waals surface area (Å²) in [6, 6.07) is 11.7. The van der Waals surface area contributed by atoms with Gasteiger partial charge >= 0.3 is 0 Å². The summed E-state index contributed by atoms with van der Waals surface area (Å²) in [5.74, 6) is -0.389. The first-order valence-corrected chi connectivity index (χ1v) is 11.2. The van der Waals surface area contributed by atoms with E-state index < -0.39 is 14.9 Å². The average Bonchev–Trinajstić information content (AvgIpc) is 3.24. The Balaban J connectivity index is 1.61. The first-order valence-electron chi connectivity index (χ1n) is 9.72. The van der Waals surface area contributed by atoms with Crippen LogP contribution in [0.25, 0.3) is 11.3 Å². The Morgan fingerprint density at radius 3 is 2.47 bits per heavy atom. The van der Waals surface area contributed by atoms with Crippen LogP contribution in [0.5, 0.6) is 0 Å². The lowest BCUT2D eigenvalue weighted by Crippen LogP contribution is -2.27. The van der Waals surface area contributed by atoms with Crippen molar-refractivity contribution in [2.75, 3.05) is 11.9 Å². The molecule has 0 atom stereocenters. The monoisotopic (exact) mass is 458 g/mol. The molecule has 1 amide bonds. The number of nitro groups is 1. The van der Waals surface area contributed by atoms with Crippen LogP contribution in [0, 0.1) is 10.1 Å². The number of nitrogens with one attached hydrogen (secondary N) is 2. The number of non-ortho nitro benzene ring substituents is 1. The van der Waals surface area contributed by atoms with Crippen LogP contribution in [0.1, 0.15) is 26.3 Å². The van der Waals surface area contributed by atoms with Gasteiger partial charge in [-0.25, -0.2) is 17.8 Å². The molecule has 168 valence electrons. The Morgan fingerprint density at radius 1 is 1.16 bits per heavy atom. The maximum absolute atomic E-state index is 12.4. The van der Waals surface area contributed by atoms with Crippen molar-refractivity contribution in [1.82, 2.24) is 19.7 Å². The number of para-hydroxylation sites is 1. The summed E-state index contributed by atoms with van der Waals surface area (Å²) in [5, 5.41) is 21.7.